The predicted molar refractivity (Wildman–Crippen MR) is 76.0 cm³/mol. The lowest BCUT2D eigenvalue weighted by atomic mass is 10.1. The minimum Gasteiger partial charge on any atom is -0.474 e. The van der Waals surface area contributed by atoms with Crippen LogP contribution in [0.1, 0.15) is 26.7 Å². The van der Waals surface area contributed by atoms with E-state index in [1.165, 1.54) is 12.3 Å². The quantitative estimate of drug-likeness (QED) is 0.895. The van der Waals surface area contributed by atoms with Crippen LogP contribution in [-0.2, 0) is 10.0 Å². The zero-order chi connectivity index (χ0) is 14.8. The van der Waals surface area contributed by atoms with Crippen LogP contribution in [0.2, 0.25) is 0 Å². The Morgan fingerprint density at radius 1 is 1.35 bits per heavy atom. The molecule has 112 valence electrons. The molecule has 0 aliphatic carbocycles. The molecule has 0 saturated carbocycles. The largest absolute Gasteiger partial charge is 0.474 e. The van der Waals surface area contributed by atoms with Gasteiger partial charge in [-0.25, -0.2) is 18.5 Å². The van der Waals surface area contributed by atoms with Gasteiger partial charge in [-0.2, -0.15) is 0 Å². The Kier molecular flexibility index (Phi) is 4.62. The fraction of sp³-hybridized carbons (Fsp3) is 0.615. The molecule has 0 radical (unpaired) electrons. The molecule has 0 atom stereocenters. The number of piperidine rings is 1. The molecular formula is C13H21N3O3S. The Bertz CT molecular complexity index is 534. The van der Waals surface area contributed by atoms with E-state index in [-0.39, 0.29) is 11.0 Å². The van der Waals surface area contributed by atoms with Gasteiger partial charge in [0.2, 0.25) is 15.9 Å². The van der Waals surface area contributed by atoms with Gasteiger partial charge in [0.25, 0.3) is 0 Å². The standard InChI is InChI=1S/C13H21N3O3S/c1-10(2)16-7-5-11(6-8-16)19-13-4-3-12(9-15-13)20(14,17)18/h3-4,9-11H,5-8H2,1-2H3,(H2,14,17,18). The first-order chi connectivity index (χ1) is 9.36. The maximum absolute atomic E-state index is 11.1. The molecule has 1 aromatic heterocycles. The first-order valence-corrected chi connectivity index (χ1v) is 8.30. The molecule has 2 N–H and O–H groups in total. The van der Waals surface area contributed by atoms with Gasteiger partial charge >= 0.3 is 0 Å². The lowest BCUT2D eigenvalue weighted by Crippen LogP contribution is -2.41. The average Bonchev–Trinajstić information content (AvgIpc) is 2.39. The molecule has 0 aromatic carbocycles. The molecule has 7 heteroatoms. The first-order valence-electron chi connectivity index (χ1n) is 6.76. The predicted octanol–water partition coefficient (Wildman–Crippen LogP) is 0.981. The molecule has 2 heterocycles. The second kappa shape index (κ2) is 6.07. The second-order valence-electron chi connectivity index (χ2n) is 5.32. The van der Waals surface area contributed by atoms with E-state index in [4.69, 9.17) is 9.88 Å². The van der Waals surface area contributed by atoms with Crippen molar-refractivity contribution in [2.75, 3.05) is 13.1 Å². The van der Waals surface area contributed by atoms with Gasteiger partial charge in [-0.15, -0.1) is 0 Å². The van der Waals surface area contributed by atoms with Crippen LogP contribution in [-0.4, -0.2) is 43.5 Å². The van der Waals surface area contributed by atoms with Crippen LogP contribution in [0.5, 0.6) is 5.88 Å². The third-order valence-electron chi connectivity index (χ3n) is 3.53. The van der Waals surface area contributed by atoms with E-state index in [2.05, 4.69) is 23.7 Å². The average molecular weight is 299 g/mol. The van der Waals surface area contributed by atoms with Gasteiger partial charge in [0.15, 0.2) is 0 Å². The van der Waals surface area contributed by atoms with E-state index in [1.807, 2.05) is 0 Å². The molecule has 0 amide bonds. The summed E-state index contributed by atoms with van der Waals surface area (Å²) in [6, 6.07) is 3.53. The summed E-state index contributed by atoms with van der Waals surface area (Å²) in [5.74, 6) is 0.445. The maximum Gasteiger partial charge on any atom is 0.239 e. The number of ether oxygens (including phenoxy) is 1. The van der Waals surface area contributed by atoms with Gasteiger partial charge in [-0.3, -0.25) is 0 Å². The fourth-order valence-corrected chi connectivity index (χ4v) is 2.74. The van der Waals surface area contributed by atoms with E-state index < -0.39 is 10.0 Å². The van der Waals surface area contributed by atoms with Crippen molar-refractivity contribution in [2.45, 2.75) is 43.7 Å². The topological polar surface area (TPSA) is 85.5 Å². The molecule has 2 rings (SSSR count). The fourth-order valence-electron chi connectivity index (χ4n) is 2.29. The van der Waals surface area contributed by atoms with Crippen LogP contribution in [0.25, 0.3) is 0 Å². The number of nitrogens with two attached hydrogens (primary N) is 1. The van der Waals surface area contributed by atoms with Crippen molar-refractivity contribution < 1.29 is 13.2 Å². The highest BCUT2D eigenvalue weighted by Crippen LogP contribution is 2.19. The van der Waals surface area contributed by atoms with Crippen LogP contribution in [0.4, 0.5) is 0 Å². The van der Waals surface area contributed by atoms with Crippen LogP contribution < -0.4 is 9.88 Å². The van der Waals surface area contributed by atoms with Gasteiger partial charge in [0, 0.05) is 25.2 Å². The second-order valence-corrected chi connectivity index (χ2v) is 6.89. The van der Waals surface area contributed by atoms with E-state index in [9.17, 15) is 8.42 Å². The number of nitrogens with zero attached hydrogens (tertiary/aromatic N) is 2. The zero-order valence-electron chi connectivity index (χ0n) is 11.8. The minimum atomic E-state index is -3.69. The summed E-state index contributed by atoms with van der Waals surface area (Å²) in [5, 5.41) is 5.02. The number of hydrogen-bond donors (Lipinski definition) is 1. The smallest absolute Gasteiger partial charge is 0.239 e. The van der Waals surface area contributed by atoms with Crippen molar-refractivity contribution in [1.29, 1.82) is 0 Å². The van der Waals surface area contributed by atoms with E-state index in [0.29, 0.717) is 11.9 Å². The van der Waals surface area contributed by atoms with Crippen molar-refractivity contribution >= 4 is 10.0 Å². The van der Waals surface area contributed by atoms with Gasteiger partial charge < -0.3 is 9.64 Å². The minimum absolute atomic E-state index is 0.000484. The highest BCUT2D eigenvalue weighted by atomic mass is 32.2. The monoisotopic (exact) mass is 299 g/mol. The summed E-state index contributed by atoms with van der Waals surface area (Å²) in [7, 11) is -3.69. The van der Waals surface area contributed by atoms with Crippen LogP contribution in [0.15, 0.2) is 23.2 Å². The van der Waals surface area contributed by atoms with E-state index >= 15 is 0 Å². The molecular weight excluding hydrogens is 278 g/mol. The number of rotatable bonds is 4. The highest BCUT2D eigenvalue weighted by molar-refractivity contribution is 7.89. The van der Waals surface area contributed by atoms with Crippen LogP contribution >= 0.6 is 0 Å². The summed E-state index contributed by atoms with van der Waals surface area (Å²) >= 11 is 0. The Morgan fingerprint density at radius 3 is 2.45 bits per heavy atom. The van der Waals surface area contributed by atoms with Crippen molar-refractivity contribution in [3.8, 4) is 5.88 Å². The summed E-state index contributed by atoms with van der Waals surface area (Å²) in [4.78, 5) is 6.41. The first kappa shape index (κ1) is 15.2. The number of sulfonamides is 1. The number of pyridine rings is 1. The summed E-state index contributed by atoms with van der Waals surface area (Å²) < 4.78 is 28.0. The van der Waals surface area contributed by atoms with Crippen molar-refractivity contribution in [3.63, 3.8) is 0 Å². The molecule has 0 spiro atoms. The van der Waals surface area contributed by atoms with Gasteiger partial charge in [0.1, 0.15) is 11.0 Å². The van der Waals surface area contributed by atoms with Crippen LogP contribution in [0, 0.1) is 0 Å². The van der Waals surface area contributed by atoms with Crippen molar-refractivity contribution in [1.82, 2.24) is 9.88 Å². The molecule has 6 nitrogen and oxygen atoms in total. The number of likely N-dealkylation sites (tertiary alicyclic amines) is 1. The molecule has 1 fully saturated rings. The Hall–Kier alpha value is -1.18. The normalized spacial score (nSPS) is 18.4. The molecule has 1 saturated heterocycles. The summed E-state index contributed by atoms with van der Waals surface area (Å²) in [6.45, 7) is 6.40. The molecule has 1 aromatic rings. The summed E-state index contributed by atoms with van der Waals surface area (Å²) in [6.07, 6.45) is 3.28. The Balaban J connectivity index is 1.92. The Labute approximate surface area is 120 Å². The third-order valence-corrected chi connectivity index (χ3v) is 4.43. The van der Waals surface area contributed by atoms with Crippen LogP contribution in [0.3, 0.4) is 0 Å². The third kappa shape index (κ3) is 3.91. The number of hydrogen-bond acceptors (Lipinski definition) is 5. The van der Waals surface area contributed by atoms with E-state index in [1.54, 1.807) is 6.07 Å². The zero-order valence-corrected chi connectivity index (χ0v) is 12.6. The molecule has 1 aliphatic rings. The molecule has 20 heavy (non-hydrogen) atoms. The summed E-state index contributed by atoms with van der Waals surface area (Å²) in [5.41, 5.74) is 0. The van der Waals surface area contributed by atoms with Crippen molar-refractivity contribution in [3.05, 3.63) is 18.3 Å². The molecule has 0 bridgehead atoms. The maximum atomic E-state index is 11.1. The van der Waals surface area contributed by atoms with Gasteiger partial charge in [-0.1, -0.05) is 0 Å². The Morgan fingerprint density at radius 2 is 2.00 bits per heavy atom. The number of primary sulfonamides is 1. The lowest BCUT2D eigenvalue weighted by Gasteiger charge is -2.34. The molecule has 0 unspecified atom stereocenters. The molecule has 1 aliphatic heterocycles. The number of aromatic nitrogens is 1. The highest BCUT2D eigenvalue weighted by Gasteiger charge is 2.22. The van der Waals surface area contributed by atoms with Gasteiger partial charge in [-0.05, 0) is 32.8 Å². The van der Waals surface area contributed by atoms with Gasteiger partial charge in [0.05, 0.1) is 6.20 Å². The van der Waals surface area contributed by atoms with Crippen molar-refractivity contribution in [2.24, 2.45) is 5.14 Å². The SMILES string of the molecule is CC(C)N1CCC(Oc2ccc(S(N)(=O)=O)cn2)CC1. The van der Waals surface area contributed by atoms with E-state index in [0.717, 1.165) is 25.9 Å². The lowest BCUT2D eigenvalue weighted by molar-refractivity contribution is 0.0812.